The van der Waals surface area contributed by atoms with Gasteiger partial charge in [-0.15, -0.1) is 0 Å². The van der Waals surface area contributed by atoms with Crippen molar-refractivity contribution in [3.05, 3.63) is 24.0 Å². The molecule has 1 aromatic heterocycles. The van der Waals surface area contributed by atoms with E-state index in [9.17, 15) is 9.90 Å². The fourth-order valence-corrected chi connectivity index (χ4v) is 5.43. The van der Waals surface area contributed by atoms with Crippen LogP contribution in [0.1, 0.15) is 48.9 Å². The standard InChI is InChI=1S/C17H22N2O2/c20-15-4-14(8-18-9-15)16(21)19-10-17-5-11-1-12(6-17)3-13(2-11)7-17/h4,8-9,11-13,20H,1-3,5-7,10H2,(H,19,21). The second-order valence-corrected chi connectivity index (χ2v) is 7.53. The van der Waals surface area contributed by atoms with Crippen LogP contribution in [0.4, 0.5) is 0 Å². The van der Waals surface area contributed by atoms with Gasteiger partial charge < -0.3 is 10.4 Å². The van der Waals surface area contributed by atoms with E-state index in [2.05, 4.69) is 10.3 Å². The molecule has 0 aromatic carbocycles. The molecule has 4 fully saturated rings. The molecule has 0 saturated heterocycles. The third-order valence-corrected chi connectivity index (χ3v) is 5.78. The van der Waals surface area contributed by atoms with Crippen molar-refractivity contribution >= 4 is 5.91 Å². The van der Waals surface area contributed by atoms with E-state index in [1.165, 1.54) is 57.0 Å². The Kier molecular flexibility index (Phi) is 2.95. The van der Waals surface area contributed by atoms with Gasteiger partial charge in [0.05, 0.1) is 11.8 Å². The van der Waals surface area contributed by atoms with Crippen molar-refractivity contribution in [2.45, 2.75) is 38.5 Å². The number of carbonyl (C=O) groups is 1. The lowest BCUT2D eigenvalue weighted by Crippen LogP contribution is -2.51. The summed E-state index contributed by atoms with van der Waals surface area (Å²) in [7, 11) is 0. The predicted molar refractivity (Wildman–Crippen MR) is 78.8 cm³/mol. The summed E-state index contributed by atoms with van der Waals surface area (Å²) in [5.74, 6) is 2.62. The van der Waals surface area contributed by atoms with Gasteiger partial charge in [-0.25, -0.2) is 0 Å². The number of carbonyl (C=O) groups excluding carboxylic acids is 1. The molecule has 1 aromatic rings. The van der Waals surface area contributed by atoms with Crippen molar-refractivity contribution < 1.29 is 9.90 Å². The summed E-state index contributed by atoms with van der Waals surface area (Å²) in [5, 5.41) is 12.5. The van der Waals surface area contributed by atoms with E-state index < -0.39 is 0 Å². The molecular weight excluding hydrogens is 264 g/mol. The molecule has 0 unspecified atom stereocenters. The Labute approximate surface area is 125 Å². The summed E-state index contributed by atoms with van der Waals surface area (Å²) < 4.78 is 0. The Hall–Kier alpha value is -1.58. The number of nitrogens with one attached hydrogen (secondary N) is 1. The first-order valence-corrected chi connectivity index (χ1v) is 8.04. The number of aromatic nitrogens is 1. The minimum atomic E-state index is -0.117. The van der Waals surface area contributed by atoms with Gasteiger partial charge in [-0.3, -0.25) is 9.78 Å². The average Bonchev–Trinajstić information content (AvgIpc) is 2.43. The first-order chi connectivity index (χ1) is 10.1. The predicted octanol–water partition coefficient (Wildman–Crippen LogP) is 2.73. The van der Waals surface area contributed by atoms with Crippen molar-refractivity contribution in [2.24, 2.45) is 23.2 Å². The highest BCUT2D eigenvalue weighted by Gasteiger charge is 2.50. The molecule has 4 nitrogen and oxygen atoms in total. The van der Waals surface area contributed by atoms with Crippen LogP contribution in [0.5, 0.6) is 5.75 Å². The van der Waals surface area contributed by atoms with Crippen LogP contribution < -0.4 is 5.32 Å². The zero-order valence-corrected chi connectivity index (χ0v) is 12.2. The largest absolute Gasteiger partial charge is 0.506 e. The van der Waals surface area contributed by atoms with E-state index >= 15 is 0 Å². The van der Waals surface area contributed by atoms with Crippen LogP contribution in [0.15, 0.2) is 18.5 Å². The Morgan fingerprint density at radius 1 is 1.19 bits per heavy atom. The van der Waals surface area contributed by atoms with Gasteiger partial charge in [0.1, 0.15) is 5.75 Å². The van der Waals surface area contributed by atoms with Gasteiger partial charge in [-0.1, -0.05) is 0 Å². The quantitative estimate of drug-likeness (QED) is 0.898. The lowest BCUT2D eigenvalue weighted by Gasteiger charge is -2.56. The van der Waals surface area contributed by atoms with Gasteiger partial charge in [0, 0.05) is 12.7 Å². The molecule has 5 rings (SSSR count). The summed E-state index contributed by atoms with van der Waals surface area (Å²) in [6.45, 7) is 0.783. The van der Waals surface area contributed by atoms with Crippen LogP contribution in [-0.4, -0.2) is 22.5 Å². The first kappa shape index (κ1) is 13.1. The van der Waals surface area contributed by atoms with Gasteiger partial charge in [0.25, 0.3) is 5.91 Å². The van der Waals surface area contributed by atoms with Crippen molar-refractivity contribution in [3.8, 4) is 5.75 Å². The molecule has 0 atom stereocenters. The molecular formula is C17H22N2O2. The first-order valence-electron chi connectivity index (χ1n) is 8.04. The summed E-state index contributed by atoms with van der Waals surface area (Å²) in [6, 6.07) is 1.47. The van der Waals surface area contributed by atoms with Gasteiger partial charge in [-0.05, 0) is 67.8 Å². The molecule has 0 spiro atoms. The second kappa shape index (κ2) is 4.72. The van der Waals surface area contributed by atoms with E-state index in [0.29, 0.717) is 11.0 Å². The van der Waals surface area contributed by atoms with Crippen molar-refractivity contribution in [1.82, 2.24) is 10.3 Å². The number of hydrogen-bond acceptors (Lipinski definition) is 3. The van der Waals surface area contributed by atoms with E-state index in [-0.39, 0.29) is 11.7 Å². The maximum atomic E-state index is 12.2. The fourth-order valence-electron chi connectivity index (χ4n) is 5.43. The molecule has 112 valence electrons. The molecule has 1 heterocycles. The SMILES string of the molecule is O=C(NCC12CC3CC(CC(C3)C1)C2)c1cncc(O)c1. The van der Waals surface area contributed by atoms with Crippen molar-refractivity contribution in [2.75, 3.05) is 6.54 Å². The summed E-state index contributed by atoms with van der Waals surface area (Å²) >= 11 is 0. The van der Waals surface area contributed by atoms with Crippen LogP contribution in [0.25, 0.3) is 0 Å². The fraction of sp³-hybridized carbons (Fsp3) is 0.647. The smallest absolute Gasteiger partial charge is 0.253 e. The zero-order valence-electron chi connectivity index (χ0n) is 12.2. The molecule has 4 bridgehead atoms. The molecule has 0 aliphatic heterocycles. The van der Waals surface area contributed by atoms with Crippen LogP contribution in [0.3, 0.4) is 0 Å². The molecule has 4 saturated carbocycles. The summed E-state index contributed by atoms with van der Waals surface area (Å²) in [5.41, 5.74) is 0.786. The number of rotatable bonds is 3. The third kappa shape index (κ3) is 2.41. The Morgan fingerprint density at radius 3 is 2.38 bits per heavy atom. The number of hydrogen-bond donors (Lipinski definition) is 2. The van der Waals surface area contributed by atoms with Crippen molar-refractivity contribution in [1.29, 1.82) is 0 Å². The van der Waals surface area contributed by atoms with E-state index in [0.717, 1.165) is 24.3 Å². The Morgan fingerprint density at radius 2 is 1.81 bits per heavy atom. The number of nitrogens with zero attached hydrogens (tertiary/aromatic N) is 1. The van der Waals surface area contributed by atoms with E-state index in [1.54, 1.807) is 0 Å². The van der Waals surface area contributed by atoms with Crippen LogP contribution >= 0.6 is 0 Å². The number of aromatic hydroxyl groups is 1. The highest BCUT2D eigenvalue weighted by molar-refractivity contribution is 5.94. The van der Waals surface area contributed by atoms with Gasteiger partial charge in [0.15, 0.2) is 0 Å². The molecule has 4 aliphatic rings. The molecule has 1 amide bonds. The van der Waals surface area contributed by atoms with Gasteiger partial charge >= 0.3 is 0 Å². The van der Waals surface area contributed by atoms with Gasteiger partial charge in [0.2, 0.25) is 0 Å². The zero-order chi connectivity index (χ0) is 14.4. The molecule has 21 heavy (non-hydrogen) atoms. The second-order valence-electron chi connectivity index (χ2n) is 7.53. The molecule has 4 aliphatic carbocycles. The Bertz CT molecular complexity index is 534. The monoisotopic (exact) mass is 286 g/mol. The van der Waals surface area contributed by atoms with Gasteiger partial charge in [-0.2, -0.15) is 0 Å². The lowest BCUT2D eigenvalue weighted by atomic mass is 9.49. The highest BCUT2D eigenvalue weighted by Crippen LogP contribution is 2.59. The van der Waals surface area contributed by atoms with Crippen LogP contribution in [0.2, 0.25) is 0 Å². The summed E-state index contributed by atoms with van der Waals surface area (Å²) in [4.78, 5) is 16.1. The molecule has 2 N–H and O–H groups in total. The maximum absolute atomic E-state index is 12.2. The maximum Gasteiger partial charge on any atom is 0.253 e. The lowest BCUT2D eigenvalue weighted by molar-refractivity contribution is -0.0503. The minimum Gasteiger partial charge on any atom is -0.506 e. The minimum absolute atomic E-state index is 0.0393. The normalized spacial score (nSPS) is 36.7. The highest BCUT2D eigenvalue weighted by atomic mass is 16.3. The molecule has 4 heteroatoms. The topological polar surface area (TPSA) is 62.2 Å². The summed E-state index contributed by atoms with van der Waals surface area (Å²) in [6.07, 6.45) is 11.0. The average molecular weight is 286 g/mol. The van der Waals surface area contributed by atoms with E-state index in [1.807, 2.05) is 0 Å². The van der Waals surface area contributed by atoms with Crippen LogP contribution in [0, 0.1) is 23.2 Å². The molecule has 0 radical (unpaired) electrons. The number of pyridine rings is 1. The third-order valence-electron chi connectivity index (χ3n) is 5.78. The number of amides is 1. The Balaban J connectivity index is 1.44. The van der Waals surface area contributed by atoms with Crippen LogP contribution in [-0.2, 0) is 0 Å². The van der Waals surface area contributed by atoms with E-state index in [4.69, 9.17) is 0 Å². The van der Waals surface area contributed by atoms with Crippen molar-refractivity contribution in [3.63, 3.8) is 0 Å².